The molecule has 7 nitrogen and oxygen atoms in total. The zero-order chi connectivity index (χ0) is 30.9. The second kappa shape index (κ2) is 12.1. The lowest BCUT2D eigenvalue weighted by Gasteiger charge is -2.37. The van der Waals surface area contributed by atoms with Gasteiger partial charge in [0.25, 0.3) is 0 Å². The molecule has 0 bridgehead atoms. The van der Waals surface area contributed by atoms with Crippen molar-refractivity contribution in [2.75, 3.05) is 6.61 Å². The SMILES string of the molecule is CC(C)(C)C[C@@H]1N[C@@H](C(=O)OC[C@@H](O)CC(N)=O)[C@H](c2ccc(C(F)(F)F)c(Cl)c2)[C@@]1(C#N)c1ccc(Cl)cc1F. The molecule has 1 amide bonds. The summed E-state index contributed by atoms with van der Waals surface area (Å²) in [6.07, 6.45) is -6.46. The highest BCUT2D eigenvalue weighted by Crippen LogP contribution is 2.53. The van der Waals surface area contributed by atoms with Gasteiger partial charge in [-0.05, 0) is 41.7 Å². The summed E-state index contributed by atoms with van der Waals surface area (Å²) >= 11 is 12.0. The van der Waals surface area contributed by atoms with Gasteiger partial charge in [0.15, 0.2) is 0 Å². The van der Waals surface area contributed by atoms with Gasteiger partial charge in [0.2, 0.25) is 5.91 Å². The Hall–Kier alpha value is -2.91. The average Bonchev–Trinajstić information content (AvgIpc) is 3.14. The Bertz CT molecular complexity index is 1360. The first-order valence-corrected chi connectivity index (χ1v) is 13.3. The number of halogens is 6. The predicted octanol–water partition coefficient (Wildman–Crippen LogP) is 5.25. The molecule has 2 aromatic carbocycles. The highest BCUT2D eigenvalue weighted by molar-refractivity contribution is 6.31. The maximum absolute atomic E-state index is 15.6. The Labute approximate surface area is 244 Å². The molecule has 1 saturated heterocycles. The summed E-state index contributed by atoms with van der Waals surface area (Å²) in [6.45, 7) is 4.97. The molecule has 222 valence electrons. The molecular formula is C28H29Cl2F4N3O4. The lowest BCUT2D eigenvalue weighted by Crippen LogP contribution is -2.44. The molecule has 2 aromatic rings. The Morgan fingerprint density at radius 1 is 1.20 bits per heavy atom. The Morgan fingerprint density at radius 2 is 1.85 bits per heavy atom. The lowest BCUT2D eigenvalue weighted by molar-refractivity contribution is -0.150. The summed E-state index contributed by atoms with van der Waals surface area (Å²) in [5.41, 5.74) is 1.52. The molecule has 4 N–H and O–H groups in total. The Balaban J connectivity index is 2.25. The van der Waals surface area contributed by atoms with Crippen molar-refractivity contribution >= 4 is 35.1 Å². The van der Waals surface area contributed by atoms with Gasteiger partial charge in [0.05, 0.1) is 29.2 Å². The van der Waals surface area contributed by atoms with Crippen LogP contribution in [0.1, 0.15) is 56.2 Å². The van der Waals surface area contributed by atoms with Crippen LogP contribution >= 0.6 is 23.2 Å². The summed E-state index contributed by atoms with van der Waals surface area (Å²) in [5.74, 6) is -3.98. The van der Waals surface area contributed by atoms with Crippen molar-refractivity contribution in [1.82, 2.24) is 5.32 Å². The van der Waals surface area contributed by atoms with Gasteiger partial charge in [-0.1, -0.05) is 56.1 Å². The van der Waals surface area contributed by atoms with E-state index in [1.54, 1.807) is 0 Å². The fraction of sp³-hybridized carbons (Fsp3) is 0.464. The van der Waals surface area contributed by atoms with Crippen LogP contribution in [0.4, 0.5) is 17.6 Å². The van der Waals surface area contributed by atoms with Crippen LogP contribution in [0.2, 0.25) is 10.0 Å². The Morgan fingerprint density at radius 3 is 2.37 bits per heavy atom. The van der Waals surface area contributed by atoms with Gasteiger partial charge in [-0.3, -0.25) is 14.9 Å². The van der Waals surface area contributed by atoms with E-state index in [9.17, 15) is 33.1 Å². The van der Waals surface area contributed by atoms with Crippen molar-refractivity contribution in [2.24, 2.45) is 11.1 Å². The molecule has 5 atom stereocenters. The topological polar surface area (TPSA) is 125 Å². The minimum atomic E-state index is -4.78. The van der Waals surface area contributed by atoms with Crippen LogP contribution in [0.15, 0.2) is 36.4 Å². The first-order valence-electron chi connectivity index (χ1n) is 12.5. The van der Waals surface area contributed by atoms with E-state index in [-0.39, 0.29) is 22.6 Å². The molecule has 1 fully saturated rings. The van der Waals surface area contributed by atoms with Crippen LogP contribution in [0.25, 0.3) is 0 Å². The van der Waals surface area contributed by atoms with Crippen molar-refractivity contribution < 1.29 is 37.0 Å². The number of carbonyl (C=O) groups excluding carboxylic acids is 2. The number of carbonyl (C=O) groups is 2. The van der Waals surface area contributed by atoms with Gasteiger partial charge in [-0.2, -0.15) is 18.4 Å². The number of rotatable bonds is 8. The fourth-order valence-corrected chi connectivity index (χ4v) is 5.77. The molecule has 0 spiro atoms. The third-order valence-corrected chi connectivity index (χ3v) is 7.45. The molecule has 41 heavy (non-hydrogen) atoms. The number of nitrogens with two attached hydrogens (primary N) is 1. The minimum absolute atomic E-state index is 0.0439. The molecule has 1 aliphatic rings. The van der Waals surface area contributed by atoms with E-state index < -0.39 is 82.4 Å². The van der Waals surface area contributed by atoms with Gasteiger partial charge in [0.1, 0.15) is 23.9 Å². The number of aliphatic hydroxyl groups excluding tert-OH is 1. The normalized spacial score (nSPS) is 23.6. The molecule has 0 aromatic heterocycles. The van der Waals surface area contributed by atoms with Crippen LogP contribution in [0, 0.1) is 22.6 Å². The predicted molar refractivity (Wildman–Crippen MR) is 143 cm³/mol. The molecule has 0 saturated carbocycles. The monoisotopic (exact) mass is 617 g/mol. The number of nitrogens with zero attached hydrogens (tertiary/aromatic N) is 1. The maximum Gasteiger partial charge on any atom is 0.417 e. The average molecular weight is 618 g/mol. The van der Waals surface area contributed by atoms with E-state index in [2.05, 4.69) is 11.4 Å². The number of benzene rings is 2. The quantitative estimate of drug-likeness (QED) is 0.274. The molecule has 0 unspecified atom stereocenters. The second-order valence-corrected chi connectivity index (χ2v) is 12.1. The summed E-state index contributed by atoms with van der Waals surface area (Å²) in [5, 5.41) is 23.2. The molecule has 0 radical (unpaired) electrons. The van der Waals surface area contributed by atoms with Crippen LogP contribution in [-0.4, -0.2) is 41.8 Å². The number of primary amides is 1. The standard InChI is InChI=1S/C28H29Cl2F4N3O4/c1-26(2,3)11-21-27(13-35,18-7-5-15(29)9-20(18)31)23(14-4-6-17(19(30)8-14)28(32,33)34)24(37-21)25(40)41-12-16(38)10-22(36)39/h4-9,16,21,23-24,37-38H,10-12H2,1-3H3,(H2,36,39)/t16-,21-,23-,24+,27-/m0/s1. The van der Waals surface area contributed by atoms with Gasteiger partial charge >= 0.3 is 12.1 Å². The molecule has 13 heteroatoms. The highest BCUT2D eigenvalue weighted by Gasteiger charge is 2.61. The first kappa shape index (κ1) is 32.6. The summed E-state index contributed by atoms with van der Waals surface area (Å²) in [7, 11) is 0. The van der Waals surface area contributed by atoms with E-state index in [1.165, 1.54) is 12.1 Å². The number of alkyl halides is 3. The molecule has 3 rings (SSSR count). The number of nitriles is 1. The van der Waals surface area contributed by atoms with Crippen LogP contribution < -0.4 is 11.1 Å². The largest absolute Gasteiger partial charge is 0.462 e. The van der Waals surface area contributed by atoms with Crippen LogP contribution in [0.5, 0.6) is 0 Å². The number of hydrogen-bond donors (Lipinski definition) is 3. The second-order valence-electron chi connectivity index (χ2n) is 11.2. The van der Waals surface area contributed by atoms with Crippen molar-refractivity contribution in [2.45, 2.75) is 69.3 Å². The number of nitrogens with one attached hydrogen (secondary N) is 1. The van der Waals surface area contributed by atoms with E-state index >= 15 is 4.39 Å². The molecule has 1 heterocycles. The maximum atomic E-state index is 15.6. The zero-order valence-electron chi connectivity index (χ0n) is 22.4. The van der Waals surface area contributed by atoms with Gasteiger partial charge in [-0.15, -0.1) is 0 Å². The number of esters is 1. The zero-order valence-corrected chi connectivity index (χ0v) is 23.9. The summed E-state index contributed by atoms with van der Waals surface area (Å²) < 4.78 is 61.4. The number of ether oxygens (including phenoxy) is 1. The molecule has 0 aliphatic carbocycles. The smallest absolute Gasteiger partial charge is 0.417 e. The fourth-order valence-electron chi connectivity index (χ4n) is 5.32. The van der Waals surface area contributed by atoms with E-state index in [1.807, 2.05) is 20.8 Å². The van der Waals surface area contributed by atoms with Crippen molar-refractivity contribution in [3.05, 3.63) is 69.0 Å². The van der Waals surface area contributed by atoms with Crippen LogP contribution in [-0.2, 0) is 25.9 Å². The molecular weight excluding hydrogens is 589 g/mol. The highest BCUT2D eigenvalue weighted by atomic mass is 35.5. The van der Waals surface area contributed by atoms with Gasteiger partial charge < -0.3 is 15.6 Å². The third-order valence-electron chi connectivity index (χ3n) is 6.90. The number of amides is 1. The first-order chi connectivity index (χ1) is 18.9. The minimum Gasteiger partial charge on any atom is -0.462 e. The molecule has 1 aliphatic heterocycles. The number of aliphatic hydroxyl groups is 1. The van der Waals surface area contributed by atoms with E-state index in [0.717, 1.165) is 24.3 Å². The Kier molecular flexibility index (Phi) is 9.65. The van der Waals surface area contributed by atoms with Gasteiger partial charge in [0, 0.05) is 22.5 Å². The van der Waals surface area contributed by atoms with Crippen molar-refractivity contribution in [3.63, 3.8) is 0 Å². The van der Waals surface area contributed by atoms with Gasteiger partial charge in [-0.25, -0.2) is 4.39 Å². The number of hydrogen-bond acceptors (Lipinski definition) is 6. The van der Waals surface area contributed by atoms with E-state index in [0.29, 0.717) is 0 Å². The van der Waals surface area contributed by atoms with Crippen molar-refractivity contribution in [3.8, 4) is 6.07 Å². The van der Waals surface area contributed by atoms with E-state index in [4.69, 9.17) is 33.7 Å². The summed E-state index contributed by atoms with van der Waals surface area (Å²) in [4.78, 5) is 24.6. The van der Waals surface area contributed by atoms with Crippen LogP contribution in [0.3, 0.4) is 0 Å². The van der Waals surface area contributed by atoms with Crippen molar-refractivity contribution in [1.29, 1.82) is 5.26 Å². The summed E-state index contributed by atoms with van der Waals surface area (Å²) in [6, 6.07) is 6.37. The third kappa shape index (κ3) is 7.12. The lowest BCUT2D eigenvalue weighted by atomic mass is 9.63.